The van der Waals surface area contributed by atoms with Gasteiger partial charge >= 0.3 is 0 Å². The summed E-state index contributed by atoms with van der Waals surface area (Å²) in [7, 11) is 0. The monoisotopic (exact) mass is 651 g/mol. The average Bonchev–Trinajstić information content (AvgIpc) is 3.05. The Morgan fingerprint density at radius 3 is 2.00 bits per heavy atom. The predicted molar refractivity (Wildman–Crippen MR) is 168 cm³/mol. The highest BCUT2D eigenvalue weighted by Crippen LogP contribution is 2.24. The largest absolute Gasteiger partial charge is 0.457 e. The van der Waals surface area contributed by atoms with E-state index in [-0.39, 0.29) is 24.8 Å². The summed E-state index contributed by atoms with van der Waals surface area (Å²) in [6.07, 6.45) is -0.561. The molecule has 2 aromatic rings. The molecule has 11 nitrogen and oxygen atoms in total. The van der Waals surface area contributed by atoms with Crippen molar-refractivity contribution in [1.29, 1.82) is 0 Å². The molecular weight excluding hydrogens is 601 g/mol. The molecular formula is C34H50FNO10. The van der Waals surface area contributed by atoms with Crippen LogP contribution in [0, 0.1) is 5.82 Å². The van der Waals surface area contributed by atoms with Crippen LogP contribution in [0.4, 0.5) is 4.39 Å². The zero-order chi connectivity index (χ0) is 33.5. The first-order valence-electron chi connectivity index (χ1n) is 16.2. The fraction of sp³-hybridized carbons (Fsp3) is 0.618. The molecule has 2 unspecified atom stereocenters. The molecule has 12 heteroatoms. The second kappa shape index (κ2) is 19.9. The number of rotatable bonds is 20. The van der Waals surface area contributed by atoms with E-state index in [4.69, 9.17) is 14.2 Å². The summed E-state index contributed by atoms with van der Waals surface area (Å²) in [6, 6.07) is 12.9. The first kappa shape index (κ1) is 37.8. The Morgan fingerprint density at radius 2 is 1.41 bits per heavy atom. The molecule has 3 rings (SSSR count). The number of aryl methyl sites for hydroxylation is 1. The second-order valence-electron chi connectivity index (χ2n) is 12.0. The molecule has 1 fully saturated rings. The van der Waals surface area contributed by atoms with E-state index >= 15 is 0 Å². The topological polar surface area (TPSA) is 178 Å². The molecule has 7 N–H and O–H groups in total. The van der Waals surface area contributed by atoms with E-state index in [2.05, 4.69) is 17.4 Å². The van der Waals surface area contributed by atoms with Gasteiger partial charge in [-0.05, 0) is 68.1 Å². The maximum Gasteiger partial charge on any atom is 0.220 e. The molecule has 0 saturated carbocycles. The van der Waals surface area contributed by atoms with Gasteiger partial charge in [-0.25, -0.2) is 4.39 Å². The average molecular weight is 652 g/mol. The standard InChI is InChI=1S/C34H50FNO10/c1-22(38)30(40)27(21-44-34-33(43)32(42)31(41)28(20-37)46-34)36-29(39)11-9-7-5-3-2-4-6-8-10-23-12-16-25(17-13-23)45-26-18-14-24(35)15-19-26/h12-19,22,27-28,30-34,37-38,40-43H,2-11,20-21H2,1H3,(H,36,39)/t22-,27+,28?,30-,31-,32+,33?,34+/m1/s1. The summed E-state index contributed by atoms with van der Waals surface area (Å²) >= 11 is 0. The van der Waals surface area contributed by atoms with Crippen LogP contribution >= 0.6 is 0 Å². The van der Waals surface area contributed by atoms with Crippen LogP contribution in [-0.4, -0.2) is 98.7 Å². The third-order valence-electron chi connectivity index (χ3n) is 8.13. The fourth-order valence-corrected chi connectivity index (χ4v) is 5.28. The number of aliphatic hydroxyl groups is 6. The van der Waals surface area contributed by atoms with Gasteiger partial charge in [0.05, 0.1) is 25.4 Å². The van der Waals surface area contributed by atoms with Gasteiger partial charge in [0.1, 0.15) is 47.8 Å². The van der Waals surface area contributed by atoms with Gasteiger partial charge in [-0.1, -0.05) is 50.7 Å². The number of hydrogen-bond donors (Lipinski definition) is 7. The molecule has 1 heterocycles. The SMILES string of the molecule is C[C@@H](O)[C@@H](O)[C@H](CO[C@H]1OC(CO)[C@@H](O)[C@H](O)C1O)NC(=O)CCCCCCCCCCc1ccc(Oc2ccc(F)cc2)cc1. The number of amides is 1. The Kier molecular flexibility index (Phi) is 16.3. The fourth-order valence-electron chi connectivity index (χ4n) is 5.28. The van der Waals surface area contributed by atoms with Gasteiger partial charge in [0.15, 0.2) is 6.29 Å². The highest BCUT2D eigenvalue weighted by atomic mass is 19.1. The summed E-state index contributed by atoms with van der Waals surface area (Å²) in [6.45, 7) is 0.399. The van der Waals surface area contributed by atoms with Crippen molar-refractivity contribution >= 4 is 5.91 Å². The minimum atomic E-state index is -1.62. The number of unbranched alkanes of at least 4 members (excludes halogenated alkanes) is 7. The Balaban J connectivity index is 1.25. The zero-order valence-corrected chi connectivity index (χ0v) is 26.4. The van der Waals surface area contributed by atoms with Crippen LogP contribution < -0.4 is 10.1 Å². The number of hydrogen-bond acceptors (Lipinski definition) is 10. The number of benzene rings is 2. The van der Waals surface area contributed by atoms with Crippen LogP contribution in [0.3, 0.4) is 0 Å². The van der Waals surface area contributed by atoms with E-state index < -0.39 is 55.6 Å². The van der Waals surface area contributed by atoms with Crippen molar-refractivity contribution in [2.75, 3.05) is 13.2 Å². The van der Waals surface area contributed by atoms with E-state index in [9.17, 15) is 39.8 Å². The molecule has 0 aromatic heterocycles. The summed E-state index contributed by atoms with van der Waals surface area (Å²) < 4.78 is 29.6. The van der Waals surface area contributed by atoms with Crippen molar-refractivity contribution in [2.45, 2.75) is 120 Å². The molecule has 1 aliphatic rings. The molecule has 0 bridgehead atoms. The normalized spacial score (nSPS) is 23.4. The number of nitrogens with one attached hydrogen (secondary N) is 1. The van der Waals surface area contributed by atoms with Crippen LogP contribution in [0.5, 0.6) is 11.5 Å². The lowest BCUT2D eigenvalue weighted by Crippen LogP contribution is -2.60. The van der Waals surface area contributed by atoms with Crippen molar-refractivity contribution in [3.05, 3.63) is 59.9 Å². The van der Waals surface area contributed by atoms with Gasteiger partial charge < -0.3 is 50.2 Å². The molecule has 0 radical (unpaired) electrons. The van der Waals surface area contributed by atoms with Gasteiger partial charge in [0.25, 0.3) is 0 Å². The lowest BCUT2D eigenvalue weighted by Gasteiger charge is -2.40. The highest BCUT2D eigenvalue weighted by molar-refractivity contribution is 5.76. The lowest BCUT2D eigenvalue weighted by molar-refractivity contribution is -0.303. The van der Waals surface area contributed by atoms with Crippen molar-refractivity contribution in [3.63, 3.8) is 0 Å². The predicted octanol–water partition coefficient (Wildman–Crippen LogP) is 2.71. The number of halogens is 1. The Bertz CT molecular complexity index is 1130. The quantitative estimate of drug-likeness (QED) is 0.105. The first-order chi connectivity index (χ1) is 22.1. The van der Waals surface area contributed by atoms with E-state index in [1.54, 1.807) is 12.1 Å². The van der Waals surface area contributed by atoms with Gasteiger partial charge in [-0.3, -0.25) is 4.79 Å². The molecule has 46 heavy (non-hydrogen) atoms. The lowest BCUT2D eigenvalue weighted by atomic mass is 9.99. The van der Waals surface area contributed by atoms with Crippen LogP contribution in [0.15, 0.2) is 48.5 Å². The molecule has 1 saturated heterocycles. The Morgan fingerprint density at radius 1 is 0.848 bits per heavy atom. The van der Waals surface area contributed by atoms with E-state index in [0.717, 1.165) is 51.4 Å². The highest BCUT2D eigenvalue weighted by Gasteiger charge is 2.44. The molecule has 258 valence electrons. The number of ether oxygens (including phenoxy) is 3. The van der Waals surface area contributed by atoms with Crippen LogP contribution in [0.2, 0.25) is 0 Å². The summed E-state index contributed by atoms with van der Waals surface area (Å²) in [5, 5.41) is 62.3. The van der Waals surface area contributed by atoms with E-state index in [1.165, 1.54) is 24.6 Å². The van der Waals surface area contributed by atoms with Gasteiger partial charge in [-0.2, -0.15) is 0 Å². The molecule has 0 spiro atoms. The third-order valence-corrected chi connectivity index (χ3v) is 8.13. The summed E-state index contributed by atoms with van der Waals surface area (Å²) in [4.78, 5) is 12.6. The van der Waals surface area contributed by atoms with E-state index in [1.807, 2.05) is 12.1 Å². The molecule has 0 aliphatic carbocycles. The van der Waals surface area contributed by atoms with Crippen molar-refractivity contribution < 1.29 is 54.0 Å². The summed E-state index contributed by atoms with van der Waals surface area (Å²) in [5.74, 6) is 0.688. The van der Waals surface area contributed by atoms with Crippen molar-refractivity contribution in [2.24, 2.45) is 0 Å². The third kappa shape index (κ3) is 12.5. The van der Waals surface area contributed by atoms with Crippen LogP contribution in [0.25, 0.3) is 0 Å². The number of carbonyl (C=O) groups excluding carboxylic acids is 1. The van der Waals surface area contributed by atoms with Crippen LogP contribution in [0.1, 0.15) is 70.3 Å². The first-order valence-corrected chi connectivity index (χ1v) is 16.2. The maximum atomic E-state index is 13.0. The maximum absolute atomic E-state index is 13.0. The van der Waals surface area contributed by atoms with Gasteiger partial charge in [0, 0.05) is 6.42 Å². The smallest absolute Gasteiger partial charge is 0.220 e. The minimum absolute atomic E-state index is 0.233. The van der Waals surface area contributed by atoms with Crippen LogP contribution in [-0.2, 0) is 20.7 Å². The van der Waals surface area contributed by atoms with E-state index in [0.29, 0.717) is 17.9 Å². The number of aliphatic hydroxyl groups excluding tert-OH is 6. The Labute approximate surface area is 269 Å². The van der Waals surface area contributed by atoms with Gasteiger partial charge in [0.2, 0.25) is 5.91 Å². The zero-order valence-electron chi connectivity index (χ0n) is 26.4. The molecule has 1 aliphatic heterocycles. The second-order valence-corrected chi connectivity index (χ2v) is 12.0. The van der Waals surface area contributed by atoms with Crippen molar-refractivity contribution in [1.82, 2.24) is 5.32 Å². The van der Waals surface area contributed by atoms with Crippen molar-refractivity contribution in [3.8, 4) is 11.5 Å². The molecule has 2 aromatic carbocycles. The molecule has 1 amide bonds. The summed E-state index contributed by atoms with van der Waals surface area (Å²) in [5.41, 5.74) is 1.24. The number of carbonyl (C=O) groups is 1. The van der Waals surface area contributed by atoms with Gasteiger partial charge in [-0.15, -0.1) is 0 Å². The Hall–Kier alpha value is -2.68. The minimum Gasteiger partial charge on any atom is -0.457 e. The molecule has 8 atom stereocenters.